The van der Waals surface area contributed by atoms with Crippen LogP contribution in [-0.2, 0) is 9.53 Å². The standard InChI is InChI=1S/C17H14FNO4/c1-22-17(21)15-10-19(13-8-4-5-9-14(13)23-15)16(20)11-6-2-3-7-12(11)18/h2-9,15H,10H2,1H3/t15-/m0/s1. The summed E-state index contributed by atoms with van der Waals surface area (Å²) in [7, 11) is 1.25. The Bertz CT molecular complexity index is 762. The average molecular weight is 315 g/mol. The number of carbonyl (C=O) groups is 2. The van der Waals surface area contributed by atoms with E-state index in [1.807, 2.05) is 0 Å². The molecule has 1 heterocycles. The summed E-state index contributed by atoms with van der Waals surface area (Å²) in [5.74, 6) is -1.37. The van der Waals surface area contributed by atoms with E-state index in [2.05, 4.69) is 4.74 Å². The number of hydrogen-bond donors (Lipinski definition) is 0. The number of benzene rings is 2. The maximum absolute atomic E-state index is 13.9. The lowest BCUT2D eigenvalue weighted by molar-refractivity contribution is -0.148. The Hall–Kier alpha value is -2.89. The van der Waals surface area contributed by atoms with Crippen molar-refractivity contribution in [1.29, 1.82) is 0 Å². The largest absolute Gasteiger partial charge is 0.475 e. The van der Waals surface area contributed by atoms with Gasteiger partial charge < -0.3 is 14.4 Å². The molecule has 1 amide bonds. The first kappa shape index (κ1) is 15.0. The van der Waals surface area contributed by atoms with Gasteiger partial charge in [0.05, 0.1) is 24.9 Å². The van der Waals surface area contributed by atoms with Crippen molar-refractivity contribution >= 4 is 17.6 Å². The summed E-state index contributed by atoms with van der Waals surface area (Å²) in [6.07, 6.45) is -0.953. The third-order valence-corrected chi connectivity index (χ3v) is 3.59. The van der Waals surface area contributed by atoms with Gasteiger partial charge in [0, 0.05) is 0 Å². The lowest BCUT2D eigenvalue weighted by Crippen LogP contribution is -2.47. The number of fused-ring (bicyclic) bond motifs is 1. The summed E-state index contributed by atoms with van der Waals surface area (Å²) >= 11 is 0. The first-order valence-electron chi connectivity index (χ1n) is 7.01. The highest BCUT2D eigenvalue weighted by Crippen LogP contribution is 2.34. The monoisotopic (exact) mass is 315 g/mol. The first-order chi connectivity index (χ1) is 11.1. The number of para-hydroxylation sites is 2. The second-order valence-electron chi connectivity index (χ2n) is 4.99. The fraction of sp³-hybridized carbons (Fsp3) is 0.176. The summed E-state index contributed by atoms with van der Waals surface area (Å²) in [5, 5.41) is 0. The molecule has 5 nitrogen and oxygen atoms in total. The summed E-state index contributed by atoms with van der Waals surface area (Å²) < 4.78 is 24.2. The molecule has 23 heavy (non-hydrogen) atoms. The van der Waals surface area contributed by atoms with Gasteiger partial charge in [-0.25, -0.2) is 9.18 Å². The minimum Gasteiger partial charge on any atom is -0.475 e. The van der Waals surface area contributed by atoms with Crippen molar-refractivity contribution in [1.82, 2.24) is 0 Å². The van der Waals surface area contributed by atoms with E-state index in [0.717, 1.165) is 0 Å². The fourth-order valence-corrected chi connectivity index (χ4v) is 2.46. The molecular weight excluding hydrogens is 301 g/mol. The van der Waals surface area contributed by atoms with Crippen LogP contribution in [0, 0.1) is 5.82 Å². The Morgan fingerprint density at radius 3 is 2.61 bits per heavy atom. The molecule has 1 aliphatic heterocycles. The van der Waals surface area contributed by atoms with Gasteiger partial charge in [-0.2, -0.15) is 0 Å². The topological polar surface area (TPSA) is 55.8 Å². The first-order valence-corrected chi connectivity index (χ1v) is 7.01. The molecular formula is C17H14FNO4. The summed E-state index contributed by atoms with van der Waals surface area (Å²) in [6.45, 7) is -0.0448. The van der Waals surface area contributed by atoms with Crippen LogP contribution in [0.15, 0.2) is 48.5 Å². The molecule has 0 bridgehead atoms. The number of esters is 1. The van der Waals surface area contributed by atoms with Crippen LogP contribution in [0.4, 0.5) is 10.1 Å². The zero-order chi connectivity index (χ0) is 16.4. The van der Waals surface area contributed by atoms with Crippen LogP contribution >= 0.6 is 0 Å². The highest BCUT2D eigenvalue weighted by atomic mass is 19.1. The van der Waals surface area contributed by atoms with E-state index >= 15 is 0 Å². The molecule has 1 aliphatic rings. The van der Waals surface area contributed by atoms with Gasteiger partial charge in [0.2, 0.25) is 6.10 Å². The molecule has 0 unspecified atom stereocenters. The van der Waals surface area contributed by atoms with Crippen LogP contribution in [0.2, 0.25) is 0 Å². The van der Waals surface area contributed by atoms with E-state index in [-0.39, 0.29) is 12.1 Å². The lowest BCUT2D eigenvalue weighted by Gasteiger charge is -2.33. The Labute approximate surface area is 132 Å². The van der Waals surface area contributed by atoms with E-state index in [1.165, 1.54) is 30.2 Å². The van der Waals surface area contributed by atoms with Crippen molar-refractivity contribution < 1.29 is 23.5 Å². The van der Waals surface area contributed by atoms with Gasteiger partial charge in [-0.1, -0.05) is 24.3 Å². The van der Waals surface area contributed by atoms with Crippen LogP contribution in [0.3, 0.4) is 0 Å². The maximum Gasteiger partial charge on any atom is 0.348 e. The number of halogens is 1. The second-order valence-corrected chi connectivity index (χ2v) is 4.99. The summed E-state index contributed by atoms with van der Waals surface area (Å²) in [5.41, 5.74) is 0.425. The van der Waals surface area contributed by atoms with Crippen LogP contribution in [-0.4, -0.2) is 31.6 Å². The third kappa shape index (κ3) is 2.75. The molecule has 6 heteroatoms. The van der Waals surface area contributed by atoms with Crippen LogP contribution in [0.5, 0.6) is 5.75 Å². The Morgan fingerprint density at radius 2 is 1.87 bits per heavy atom. The van der Waals surface area contributed by atoms with Gasteiger partial charge in [-0.05, 0) is 24.3 Å². The molecule has 0 radical (unpaired) electrons. The molecule has 0 saturated heterocycles. The zero-order valence-corrected chi connectivity index (χ0v) is 12.4. The van der Waals surface area contributed by atoms with Gasteiger partial charge in [0.1, 0.15) is 11.6 Å². The van der Waals surface area contributed by atoms with Gasteiger partial charge in [-0.15, -0.1) is 0 Å². The molecule has 0 spiro atoms. The van der Waals surface area contributed by atoms with Gasteiger partial charge >= 0.3 is 5.97 Å². The number of amides is 1. The lowest BCUT2D eigenvalue weighted by atomic mass is 10.1. The maximum atomic E-state index is 13.9. The molecule has 3 rings (SSSR count). The van der Waals surface area contributed by atoms with Gasteiger partial charge in [-0.3, -0.25) is 4.79 Å². The van der Waals surface area contributed by atoms with Crippen molar-refractivity contribution in [2.75, 3.05) is 18.6 Å². The summed E-state index contributed by atoms with van der Waals surface area (Å²) in [6, 6.07) is 12.5. The molecule has 0 fully saturated rings. The average Bonchev–Trinajstić information content (AvgIpc) is 2.60. The zero-order valence-electron chi connectivity index (χ0n) is 12.4. The highest BCUT2D eigenvalue weighted by molar-refractivity contribution is 6.07. The number of rotatable bonds is 2. The highest BCUT2D eigenvalue weighted by Gasteiger charge is 2.35. The van der Waals surface area contributed by atoms with Crippen LogP contribution < -0.4 is 9.64 Å². The predicted octanol–water partition coefficient (Wildman–Crippen LogP) is 2.41. The number of nitrogens with zero attached hydrogens (tertiary/aromatic N) is 1. The molecule has 0 N–H and O–H groups in total. The third-order valence-electron chi connectivity index (χ3n) is 3.59. The van der Waals surface area contributed by atoms with E-state index in [1.54, 1.807) is 30.3 Å². The van der Waals surface area contributed by atoms with Crippen molar-refractivity contribution in [3.8, 4) is 5.75 Å². The Kier molecular flexibility index (Phi) is 3.97. The molecule has 0 aromatic heterocycles. The van der Waals surface area contributed by atoms with E-state index in [9.17, 15) is 14.0 Å². The predicted molar refractivity (Wildman–Crippen MR) is 81.0 cm³/mol. The quantitative estimate of drug-likeness (QED) is 0.799. The SMILES string of the molecule is COC(=O)[C@@H]1CN(C(=O)c2ccccc2F)c2ccccc2O1. The van der Waals surface area contributed by atoms with Crippen molar-refractivity contribution in [3.05, 3.63) is 59.9 Å². The smallest absolute Gasteiger partial charge is 0.348 e. The molecule has 0 saturated carbocycles. The molecule has 2 aromatic carbocycles. The van der Waals surface area contributed by atoms with Crippen molar-refractivity contribution in [3.63, 3.8) is 0 Å². The normalized spacial score (nSPS) is 16.3. The van der Waals surface area contributed by atoms with Gasteiger partial charge in [0.15, 0.2) is 0 Å². The number of ether oxygens (including phenoxy) is 2. The number of methoxy groups -OCH3 is 1. The molecule has 118 valence electrons. The number of anilines is 1. The number of carbonyl (C=O) groups excluding carboxylic acids is 2. The number of hydrogen-bond acceptors (Lipinski definition) is 4. The minimum atomic E-state index is -0.953. The molecule has 2 aromatic rings. The van der Waals surface area contributed by atoms with E-state index in [0.29, 0.717) is 11.4 Å². The van der Waals surface area contributed by atoms with E-state index in [4.69, 9.17) is 4.74 Å². The molecule has 0 aliphatic carbocycles. The van der Waals surface area contributed by atoms with E-state index < -0.39 is 23.8 Å². The van der Waals surface area contributed by atoms with Crippen molar-refractivity contribution in [2.45, 2.75) is 6.10 Å². The van der Waals surface area contributed by atoms with Crippen LogP contribution in [0.1, 0.15) is 10.4 Å². The molecule has 1 atom stereocenters. The van der Waals surface area contributed by atoms with Gasteiger partial charge in [0.25, 0.3) is 5.91 Å². The summed E-state index contributed by atoms with van der Waals surface area (Å²) in [4.78, 5) is 25.8. The Morgan fingerprint density at radius 1 is 1.17 bits per heavy atom. The van der Waals surface area contributed by atoms with Crippen molar-refractivity contribution in [2.24, 2.45) is 0 Å². The van der Waals surface area contributed by atoms with Crippen LogP contribution in [0.25, 0.3) is 0 Å². The minimum absolute atomic E-state index is 0.0448. The second kappa shape index (κ2) is 6.08. The Balaban J connectivity index is 2.01. The fourth-order valence-electron chi connectivity index (χ4n) is 2.46.